The van der Waals surface area contributed by atoms with Crippen LogP contribution in [0.25, 0.3) is 0 Å². The maximum atomic E-state index is 11.8. The van der Waals surface area contributed by atoms with Gasteiger partial charge in [-0.1, -0.05) is 17.2 Å². The molecule has 116 valence electrons. The molecule has 3 rings (SSSR count). The Balaban J connectivity index is 1.48. The van der Waals surface area contributed by atoms with Gasteiger partial charge in [0.2, 0.25) is 0 Å². The summed E-state index contributed by atoms with van der Waals surface area (Å²) < 4.78 is 5.23. The minimum Gasteiger partial charge on any atom is -0.497 e. The van der Waals surface area contributed by atoms with Crippen LogP contribution in [0.5, 0.6) is 5.75 Å². The van der Waals surface area contributed by atoms with Crippen molar-refractivity contribution in [2.24, 2.45) is 7.05 Å². The molecule has 0 radical (unpaired) electrons. The number of tetrazole rings is 1. The monoisotopic (exact) mass is 302 g/mol. The fraction of sp³-hybridized carbons (Fsp3) is 0.429. The molecule has 0 unspecified atom stereocenters. The summed E-state index contributed by atoms with van der Waals surface area (Å²) in [5.74, 6) is 1.51. The lowest BCUT2D eigenvalue weighted by atomic mass is 9.76. The SMILES string of the molecule is COc1cccc(C2CC(NC(=O)Nc3nnn(C)n3)C2)c1. The molecule has 22 heavy (non-hydrogen) atoms. The fourth-order valence-corrected chi connectivity index (χ4v) is 2.56. The first-order chi connectivity index (χ1) is 10.6. The van der Waals surface area contributed by atoms with Crippen LogP contribution in [0, 0.1) is 0 Å². The van der Waals surface area contributed by atoms with Crippen LogP contribution in [0.1, 0.15) is 24.3 Å². The van der Waals surface area contributed by atoms with E-state index < -0.39 is 0 Å². The van der Waals surface area contributed by atoms with E-state index >= 15 is 0 Å². The standard InChI is InChI=1S/C14H18N6O2/c1-20-18-13(17-19-20)16-14(21)15-11-6-10(7-11)9-4-3-5-12(8-9)22-2/h3-5,8,10-11H,6-7H2,1-2H3,(H2,15,16,18,21). The number of rotatable bonds is 4. The van der Waals surface area contributed by atoms with Crippen LogP contribution < -0.4 is 15.4 Å². The van der Waals surface area contributed by atoms with Gasteiger partial charge in [-0.2, -0.15) is 4.80 Å². The smallest absolute Gasteiger partial charge is 0.321 e. The third kappa shape index (κ3) is 3.16. The van der Waals surface area contributed by atoms with Crippen LogP contribution >= 0.6 is 0 Å². The number of aryl methyl sites for hydroxylation is 1. The third-order valence-electron chi connectivity index (χ3n) is 3.77. The number of methoxy groups -OCH3 is 1. The summed E-state index contributed by atoms with van der Waals surface area (Å²) in [6.45, 7) is 0. The Morgan fingerprint density at radius 1 is 1.41 bits per heavy atom. The van der Waals surface area contributed by atoms with Gasteiger partial charge in [-0.05, 0) is 41.7 Å². The second kappa shape index (κ2) is 6.00. The maximum absolute atomic E-state index is 11.8. The van der Waals surface area contributed by atoms with Gasteiger partial charge in [0.05, 0.1) is 14.2 Å². The van der Waals surface area contributed by atoms with Gasteiger partial charge in [0.25, 0.3) is 5.95 Å². The van der Waals surface area contributed by atoms with Crippen molar-refractivity contribution in [3.05, 3.63) is 29.8 Å². The van der Waals surface area contributed by atoms with E-state index in [1.807, 2.05) is 18.2 Å². The Labute approximate surface area is 127 Å². The Morgan fingerprint density at radius 2 is 2.23 bits per heavy atom. The Hall–Kier alpha value is -2.64. The zero-order valence-corrected chi connectivity index (χ0v) is 12.5. The van der Waals surface area contributed by atoms with E-state index in [2.05, 4.69) is 32.1 Å². The molecule has 1 heterocycles. The second-order valence-corrected chi connectivity index (χ2v) is 5.34. The number of urea groups is 1. The van der Waals surface area contributed by atoms with Crippen molar-refractivity contribution in [3.63, 3.8) is 0 Å². The van der Waals surface area contributed by atoms with Crippen molar-refractivity contribution < 1.29 is 9.53 Å². The summed E-state index contributed by atoms with van der Waals surface area (Å²) >= 11 is 0. The summed E-state index contributed by atoms with van der Waals surface area (Å²) in [6.07, 6.45) is 1.82. The predicted molar refractivity (Wildman–Crippen MR) is 79.7 cm³/mol. The van der Waals surface area contributed by atoms with Gasteiger partial charge in [-0.15, -0.1) is 5.10 Å². The highest BCUT2D eigenvalue weighted by molar-refractivity contribution is 5.87. The van der Waals surface area contributed by atoms with Gasteiger partial charge in [-0.3, -0.25) is 5.32 Å². The average molecular weight is 302 g/mol. The number of amides is 2. The third-order valence-corrected chi connectivity index (χ3v) is 3.77. The second-order valence-electron chi connectivity index (χ2n) is 5.34. The molecule has 2 N–H and O–H groups in total. The summed E-state index contributed by atoms with van der Waals surface area (Å²) in [5.41, 5.74) is 1.24. The Bertz CT molecular complexity index is 665. The molecule has 2 amide bonds. The first kappa shape index (κ1) is 14.3. The van der Waals surface area contributed by atoms with Crippen LogP contribution in [0.4, 0.5) is 10.7 Å². The molecule has 2 aromatic rings. The average Bonchev–Trinajstić information content (AvgIpc) is 2.87. The molecule has 1 aliphatic rings. The molecule has 0 aliphatic heterocycles. The van der Waals surface area contributed by atoms with Crippen LogP contribution in [-0.4, -0.2) is 39.4 Å². The highest BCUT2D eigenvalue weighted by atomic mass is 16.5. The first-order valence-electron chi connectivity index (χ1n) is 7.09. The van der Waals surface area contributed by atoms with Gasteiger partial charge in [0.15, 0.2) is 0 Å². The van der Waals surface area contributed by atoms with E-state index in [0.29, 0.717) is 5.92 Å². The van der Waals surface area contributed by atoms with Crippen molar-refractivity contribution >= 4 is 12.0 Å². The Kier molecular flexibility index (Phi) is 3.90. The number of hydrogen-bond acceptors (Lipinski definition) is 5. The predicted octanol–water partition coefficient (Wildman–Crippen LogP) is 1.29. The van der Waals surface area contributed by atoms with Crippen molar-refractivity contribution in [2.75, 3.05) is 12.4 Å². The molecule has 1 aromatic carbocycles. The number of nitrogens with one attached hydrogen (secondary N) is 2. The summed E-state index contributed by atoms with van der Waals surface area (Å²) in [7, 11) is 3.30. The van der Waals surface area contributed by atoms with Crippen LogP contribution in [0.15, 0.2) is 24.3 Å². The highest BCUT2D eigenvalue weighted by Crippen LogP contribution is 2.37. The number of benzene rings is 1. The number of carbonyl (C=O) groups is 1. The lowest BCUT2D eigenvalue weighted by Crippen LogP contribution is -2.45. The van der Waals surface area contributed by atoms with Crippen molar-refractivity contribution in [1.82, 2.24) is 25.5 Å². The minimum atomic E-state index is -0.304. The lowest BCUT2D eigenvalue weighted by molar-refractivity contribution is 0.233. The van der Waals surface area contributed by atoms with Gasteiger partial charge in [0.1, 0.15) is 5.75 Å². The van der Waals surface area contributed by atoms with Crippen molar-refractivity contribution in [2.45, 2.75) is 24.8 Å². The molecular weight excluding hydrogens is 284 g/mol. The summed E-state index contributed by atoms with van der Waals surface area (Å²) in [6, 6.07) is 7.91. The zero-order valence-electron chi connectivity index (χ0n) is 12.5. The number of ether oxygens (including phenoxy) is 1. The fourth-order valence-electron chi connectivity index (χ4n) is 2.56. The molecular formula is C14H18N6O2. The molecule has 0 atom stereocenters. The van der Waals surface area contributed by atoms with Gasteiger partial charge in [-0.25, -0.2) is 4.79 Å². The molecule has 8 nitrogen and oxygen atoms in total. The maximum Gasteiger partial charge on any atom is 0.321 e. The zero-order chi connectivity index (χ0) is 15.5. The summed E-state index contributed by atoms with van der Waals surface area (Å²) in [5, 5.41) is 16.7. The highest BCUT2D eigenvalue weighted by Gasteiger charge is 2.31. The van der Waals surface area contributed by atoms with Crippen molar-refractivity contribution in [3.8, 4) is 5.75 Å². The molecule has 0 bridgehead atoms. The molecule has 1 aromatic heterocycles. The quantitative estimate of drug-likeness (QED) is 0.887. The van der Waals surface area contributed by atoms with Gasteiger partial charge < -0.3 is 10.1 Å². The number of carbonyl (C=O) groups excluding carboxylic acids is 1. The Morgan fingerprint density at radius 3 is 2.91 bits per heavy atom. The largest absolute Gasteiger partial charge is 0.497 e. The minimum absolute atomic E-state index is 0.160. The molecule has 1 fully saturated rings. The molecule has 1 saturated carbocycles. The number of anilines is 1. The first-order valence-corrected chi connectivity index (χ1v) is 7.09. The van der Waals surface area contributed by atoms with Crippen LogP contribution in [0.2, 0.25) is 0 Å². The lowest BCUT2D eigenvalue weighted by Gasteiger charge is -2.36. The van der Waals surface area contributed by atoms with Gasteiger partial charge >= 0.3 is 6.03 Å². The number of hydrogen-bond donors (Lipinski definition) is 2. The molecule has 0 spiro atoms. The van der Waals surface area contributed by atoms with Crippen LogP contribution in [-0.2, 0) is 7.05 Å². The molecule has 1 aliphatic carbocycles. The van der Waals surface area contributed by atoms with E-state index in [4.69, 9.17) is 4.74 Å². The number of nitrogens with zero attached hydrogens (tertiary/aromatic N) is 4. The molecule has 8 heteroatoms. The van der Waals surface area contributed by atoms with Gasteiger partial charge in [0, 0.05) is 6.04 Å². The molecule has 0 saturated heterocycles. The van der Waals surface area contributed by atoms with E-state index in [0.717, 1.165) is 18.6 Å². The van der Waals surface area contributed by atoms with E-state index in [1.54, 1.807) is 14.2 Å². The normalized spacial score (nSPS) is 20.1. The van der Waals surface area contributed by atoms with Crippen LogP contribution in [0.3, 0.4) is 0 Å². The van der Waals surface area contributed by atoms with E-state index in [-0.39, 0.29) is 18.0 Å². The topological polar surface area (TPSA) is 94.0 Å². The van der Waals surface area contributed by atoms with Crippen molar-refractivity contribution in [1.29, 1.82) is 0 Å². The number of aromatic nitrogens is 4. The van der Waals surface area contributed by atoms with E-state index in [9.17, 15) is 4.79 Å². The van der Waals surface area contributed by atoms with E-state index in [1.165, 1.54) is 10.4 Å². The summed E-state index contributed by atoms with van der Waals surface area (Å²) in [4.78, 5) is 13.1.